The number of nitrogens with two attached hydrogens (primary N) is 1. The molecule has 0 saturated heterocycles. The third kappa shape index (κ3) is 3.17. The third-order valence-electron chi connectivity index (χ3n) is 3.74. The smallest absolute Gasteiger partial charge is 0.324 e. The molecule has 0 aliphatic rings. The number of benzene rings is 2. The van der Waals surface area contributed by atoms with Gasteiger partial charge in [-0.15, -0.1) is 0 Å². The highest BCUT2D eigenvalue weighted by Crippen LogP contribution is 2.22. The molecule has 2 aromatic carbocycles. The minimum atomic E-state index is -1.17. The number of hydrogen-bond donors (Lipinski definition) is 2. The molecule has 0 aliphatic heterocycles. The lowest BCUT2D eigenvalue weighted by atomic mass is 9.86. The van der Waals surface area contributed by atoms with E-state index in [0.29, 0.717) is 12.8 Å². The van der Waals surface area contributed by atoms with Crippen LogP contribution in [0.4, 0.5) is 0 Å². The maximum absolute atomic E-state index is 11.5. The van der Waals surface area contributed by atoms with E-state index in [1.165, 1.54) is 0 Å². The molecule has 0 fully saturated rings. The largest absolute Gasteiger partial charge is 0.480 e. The topological polar surface area (TPSA) is 63.3 Å². The first kappa shape index (κ1) is 14.5. The highest BCUT2D eigenvalue weighted by Gasteiger charge is 2.33. The second kappa shape index (κ2) is 6.06. The van der Waals surface area contributed by atoms with Crippen molar-refractivity contribution in [2.24, 2.45) is 5.73 Å². The van der Waals surface area contributed by atoms with Gasteiger partial charge in [0.15, 0.2) is 0 Å². The monoisotopic (exact) mass is 271 g/mol. The lowest BCUT2D eigenvalue weighted by Gasteiger charge is -2.24. The number of fused-ring (bicyclic) bond motifs is 1. The number of carbonyl (C=O) groups is 1. The summed E-state index contributed by atoms with van der Waals surface area (Å²) in [4.78, 5) is 11.5. The normalized spacial score (nSPS) is 14.1. The Balaban J connectivity index is 2.26. The number of unbranched alkanes of at least 4 members (excludes halogenated alkanes) is 1. The summed E-state index contributed by atoms with van der Waals surface area (Å²) < 4.78 is 0. The Labute approximate surface area is 119 Å². The van der Waals surface area contributed by atoms with Crippen LogP contribution in [-0.2, 0) is 11.2 Å². The molecule has 0 spiro atoms. The van der Waals surface area contributed by atoms with Crippen LogP contribution in [0.25, 0.3) is 10.8 Å². The molecule has 2 aromatic rings. The fourth-order valence-corrected chi connectivity index (χ4v) is 2.48. The van der Waals surface area contributed by atoms with Crippen molar-refractivity contribution in [3.05, 3.63) is 48.0 Å². The molecule has 106 valence electrons. The van der Waals surface area contributed by atoms with E-state index < -0.39 is 11.5 Å². The molecule has 20 heavy (non-hydrogen) atoms. The zero-order chi connectivity index (χ0) is 14.6. The number of rotatable bonds is 6. The minimum Gasteiger partial charge on any atom is -0.480 e. The quantitative estimate of drug-likeness (QED) is 0.846. The lowest BCUT2D eigenvalue weighted by Crippen LogP contribution is -2.49. The van der Waals surface area contributed by atoms with Crippen molar-refractivity contribution in [2.75, 3.05) is 0 Å². The van der Waals surface area contributed by atoms with Crippen molar-refractivity contribution in [1.29, 1.82) is 0 Å². The first-order chi connectivity index (χ1) is 9.55. The molecule has 0 aromatic heterocycles. The van der Waals surface area contributed by atoms with Gasteiger partial charge in [-0.05, 0) is 22.8 Å². The van der Waals surface area contributed by atoms with Gasteiger partial charge < -0.3 is 10.8 Å². The highest BCUT2D eigenvalue weighted by atomic mass is 16.4. The van der Waals surface area contributed by atoms with Crippen molar-refractivity contribution in [2.45, 2.75) is 38.1 Å². The van der Waals surface area contributed by atoms with Gasteiger partial charge in [0.05, 0.1) is 0 Å². The molecule has 0 radical (unpaired) electrons. The fourth-order valence-electron chi connectivity index (χ4n) is 2.48. The average molecular weight is 271 g/mol. The SMILES string of the molecule is CCCC[C@@](N)(Cc1ccc2ccccc2c1)C(=O)O. The van der Waals surface area contributed by atoms with E-state index in [4.69, 9.17) is 5.73 Å². The van der Waals surface area contributed by atoms with E-state index in [-0.39, 0.29) is 0 Å². The summed E-state index contributed by atoms with van der Waals surface area (Å²) in [7, 11) is 0. The highest BCUT2D eigenvalue weighted by molar-refractivity contribution is 5.84. The van der Waals surface area contributed by atoms with Crippen molar-refractivity contribution in [3.8, 4) is 0 Å². The number of hydrogen-bond acceptors (Lipinski definition) is 2. The molecule has 0 heterocycles. The van der Waals surface area contributed by atoms with Crippen molar-refractivity contribution < 1.29 is 9.90 Å². The summed E-state index contributed by atoms with van der Waals surface area (Å²) >= 11 is 0. The fraction of sp³-hybridized carbons (Fsp3) is 0.353. The van der Waals surface area contributed by atoms with E-state index in [0.717, 1.165) is 29.2 Å². The van der Waals surface area contributed by atoms with Crippen LogP contribution in [0.15, 0.2) is 42.5 Å². The molecule has 0 unspecified atom stereocenters. The second-order valence-electron chi connectivity index (χ2n) is 5.42. The Bertz CT molecular complexity index is 609. The average Bonchev–Trinajstić information content (AvgIpc) is 2.45. The maximum atomic E-state index is 11.5. The van der Waals surface area contributed by atoms with E-state index in [9.17, 15) is 9.90 Å². The summed E-state index contributed by atoms with van der Waals surface area (Å²) in [5.74, 6) is -0.917. The standard InChI is InChI=1S/C17H21NO2/c1-2-3-10-17(18,16(19)20)12-13-8-9-14-6-4-5-7-15(14)11-13/h4-9,11H,2-3,10,12,18H2,1H3,(H,19,20)/t17-/m1/s1. The summed E-state index contributed by atoms with van der Waals surface area (Å²) in [6, 6.07) is 14.1. The summed E-state index contributed by atoms with van der Waals surface area (Å²) in [5.41, 5.74) is 5.91. The molecule has 0 aliphatic carbocycles. The second-order valence-corrected chi connectivity index (χ2v) is 5.42. The number of aliphatic carboxylic acids is 1. The van der Waals surface area contributed by atoms with E-state index in [1.54, 1.807) is 0 Å². The minimum absolute atomic E-state index is 0.368. The van der Waals surface area contributed by atoms with Gasteiger partial charge in [-0.2, -0.15) is 0 Å². The first-order valence-corrected chi connectivity index (χ1v) is 7.05. The van der Waals surface area contributed by atoms with Crippen molar-refractivity contribution >= 4 is 16.7 Å². The molecule has 0 saturated carbocycles. The van der Waals surface area contributed by atoms with E-state index in [2.05, 4.69) is 0 Å². The van der Waals surface area contributed by atoms with Crippen LogP contribution < -0.4 is 5.73 Å². The van der Waals surface area contributed by atoms with Gasteiger partial charge in [-0.1, -0.05) is 62.2 Å². The van der Waals surface area contributed by atoms with Gasteiger partial charge in [-0.25, -0.2) is 0 Å². The van der Waals surface area contributed by atoms with Gasteiger partial charge in [-0.3, -0.25) is 4.79 Å². The van der Waals surface area contributed by atoms with Gasteiger partial charge in [0.2, 0.25) is 0 Å². The Hall–Kier alpha value is -1.87. The van der Waals surface area contributed by atoms with Crippen molar-refractivity contribution in [1.82, 2.24) is 0 Å². The zero-order valence-corrected chi connectivity index (χ0v) is 11.8. The molecular formula is C17H21NO2. The molecule has 1 atom stereocenters. The molecule has 0 amide bonds. The van der Waals surface area contributed by atoms with Gasteiger partial charge in [0.1, 0.15) is 5.54 Å². The molecule has 0 bridgehead atoms. The Kier molecular flexibility index (Phi) is 4.40. The lowest BCUT2D eigenvalue weighted by molar-refractivity contribution is -0.143. The van der Waals surface area contributed by atoms with Crippen LogP contribution in [0.2, 0.25) is 0 Å². The first-order valence-electron chi connectivity index (χ1n) is 7.05. The number of carboxylic acids is 1. The predicted octanol–water partition coefficient (Wildman–Crippen LogP) is 3.35. The third-order valence-corrected chi connectivity index (χ3v) is 3.74. The number of carboxylic acid groups (broad SMARTS) is 1. The van der Waals surface area contributed by atoms with Crippen LogP contribution in [-0.4, -0.2) is 16.6 Å². The molecule has 3 N–H and O–H groups in total. The maximum Gasteiger partial charge on any atom is 0.324 e. The van der Waals surface area contributed by atoms with Gasteiger partial charge >= 0.3 is 5.97 Å². The van der Waals surface area contributed by atoms with Gasteiger partial charge in [0.25, 0.3) is 0 Å². The zero-order valence-electron chi connectivity index (χ0n) is 11.8. The Morgan fingerprint density at radius 1 is 1.20 bits per heavy atom. The summed E-state index contributed by atoms with van der Waals surface area (Å²) in [6.45, 7) is 2.04. The Morgan fingerprint density at radius 3 is 2.55 bits per heavy atom. The van der Waals surface area contributed by atoms with Crippen LogP contribution in [0.3, 0.4) is 0 Å². The van der Waals surface area contributed by atoms with Crippen LogP contribution in [0.5, 0.6) is 0 Å². The predicted molar refractivity (Wildman–Crippen MR) is 81.7 cm³/mol. The van der Waals surface area contributed by atoms with E-state index in [1.807, 2.05) is 49.4 Å². The van der Waals surface area contributed by atoms with Gasteiger partial charge in [0, 0.05) is 6.42 Å². The molecule has 3 heteroatoms. The summed E-state index contributed by atoms with van der Waals surface area (Å²) in [6.07, 6.45) is 2.65. The molecule has 3 nitrogen and oxygen atoms in total. The Morgan fingerprint density at radius 2 is 1.90 bits per heavy atom. The van der Waals surface area contributed by atoms with Crippen LogP contribution >= 0.6 is 0 Å². The van der Waals surface area contributed by atoms with E-state index >= 15 is 0 Å². The van der Waals surface area contributed by atoms with Crippen LogP contribution in [0, 0.1) is 0 Å². The summed E-state index contributed by atoms with van der Waals surface area (Å²) in [5, 5.41) is 11.7. The molecule has 2 rings (SSSR count). The van der Waals surface area contributed by atoms with Crippen LogP contribution in [0.1, 0.15) is 31.7 Å². The molecular weight excluding hydrogens is 250 g/mol. The van der Waals surface area contributed by atoms with Crippen molar-refractivity contribution in [3.63, 3.8) is 0 Å².